The quantitative estimate of drug-likeness (QED) is 0.747. The summed E-state index contributed by atoms with van der Waals surface area (Å²) < 4.78 is 0. The van der Waals surface area contributed by atoms with E-state index in [0.717, 1.165) is 17.7 Å². The molecule has 1 aromatic heterocycles. The van der Waals surface area contributed by atoms with Crippen LogP contribution in [0.15, 0.2) is 36.5 Å². The maximum absolute atomic E-state index is 6.16. The van der Waals surface area contributed by atoms with Crippen molar-refractivity contribution < 1.29 is 0 Å². The number of pyridine rings is 1. The van der Waals surface area contributed by atoms with Crippen LogP contribution in [0.2, 0.25) is 10.0 Å². The van der Waals surface area contributed by atoms with Gasteiger partial charge in [-0.15, -0.1) is 0 Å². The van der Waals surface area contributed by atoms with Crippen molar-refractivity contribution in [2.24, 2.45) is 5.92 Å². The number of rotatable bonds is 3. The molecule has 18 heavy (non-hydrogen) atoms. The normalized spacial score (nSPS) is 10.9. The first-order valence-electron chi connectivity index (χ1n) is 5.97. The van der Waals surface area contributed by atoms with Gasteiger partial charge in [-0.25, -0.2) is 0 Å². The average molecular weight is 280 g/mol. The van der Waals surface area contributed by atoms with Crippen LogP contribution in [-0.2, 0) is 6.42 Å². The highest BCUT2D eigenvalue weighted by molar-refractivity contribution is 6.39. The van der Waals surface area contributed by atoms with Gasteiger partial charge in [0.2, 0.25) is 0 Å². The van der Waals surface area contributed by atoms with Crippen LogP contribution in [0, 0.1) is 5.92 Å². The number of nitrogens with zero attached hydrogens (tertiary/aromatic N) is 1. The molecule has 0 aliphatic rings. The maximum atomic E-state index is 6.16. The molecule has 0 atom stereocenters. The lowest BCUT2D eigenvalue weighted by atomic mass is 10.0. The van der Waals surface area contributed by atoms with Crippen molar-refractivity contribution in [2.45, 2.75) is 20.3 Å². The fourth-order valence-corrected chi connectivity index (χ4v) is 2.50. The number of halogens is 2. The van der Waals surface area contributed by atoms with Gasteiger partial charge in [-0.3, -0.25) is 4.98 Å². The Morgan fingerprint density at radius 1 is 1.06 bits per heavy atom. The first-order valence-corrected chi connectivity index (χ1v) is 6.73. The van der Waals surface area contributed by atoms with E-state index in [0.29, 0.717) is 16.0 Å². The third-order valence-electron chi connectivity index (χ3n) is 2.69. The van der Waals surface area contributed by atoms with Crippen molar-refractivity contribution in [2.75, 3.05) is 0 Å². The SMILES string of the molecule is CC(C)Cc1ccc(-c2c(Cl)cccc2Cl)nc1. The van der Waals surface area contributed by atoms with Gasteiger partial charge in [-0.1, -0.05) is 49.2 Å². The summed E-state index contributed by atoms with van der Waals surface area (Å²) in [5.74, 6) is 0.626. The van der Waals surface area contributed by atoms with Crippen molar-refractivity contribution in [3.8, 4) is 11.3 Å². The standard InChI is InChI=1S/C15H15Cl2N/c1-10(2)8-11-6-7-14(18-9-11)15-12(16)4-3-5-13(15)17/h3-7,9-10H,8H2,1-2H3. The topological polar surface area (TPSA) is 12.9 Å². The second-order valence-electron chi connectivity index (χ2n) is 4.75. The molecule has 0 N–H and O–H groups in total. The smallest absolute Gasteiger partial charge is 0.0732 e. The van der Waals surface area contributed by atoms with Crippen LogP contribution in [0.25, 0.3) is 11.3 Å². The molecule has 0 radical (unpaired) electrons. The van der Waals surface area contributed by atoms with Crippen molar-refractivity contribution in [3.63, 3.8) is 0 Å². The second kappa shape index (κ2) is 5.73. The molecular weight excluding hydrogens is 265 g/mol. The number of benzene rings is 1. The lowest BCUT2D eigenvalue weighted by Crippen LogP contribution is -1.95. The first kappa shape index (κ1) is 13.4. The van der Waals surface area contributed by atoms with Crippen LogP contribution in [-0.4, -0.2) is 4.98 Å². The van der Waals surface area contributed by atoms with Crippen molar-refractivity contribution in [3.05, 3.63) is 52.1 Å². The van der Waals surface area contributed by atoms with E-state index >= 15 is 0 Å². The van der Waals surface area contributed by atoms with Crippen LogP contribution in [0.4, 0.5) is 0 Å². The van der Waals surface area contributed by atoms with Gasteiger partial charge >= 0.3 is 0 Å². The molecule has 0 aliphatic heterocycles. The molecule has 1 heterocycles. The highest BCUT2D eigenvalue weighted by Gasteiger charge is 2.09. The van der Waals surface area contributed by atoms with Gasteiger partial charge in [-0.05, 0) is 36.1 Å². The monoisotopic (exact) mass is 279 g/mol. The molecule has 2 rings (SSSR count). The Hall–Kier alpha value is -1.05. The predicted octanol–water partition coefficient (Wildman–Crippen LogP) is 5.25. The van der Waals surface area contributed by atoms with E-state index in [-0.39, 0.29) is 0 Å². The summed E-state index contributed by atoms with van der Waals surface area (Å²) in [7, 11) is 0. The van der Waals surface area contributed by atoms with E-state index in [9.17, 15) is 0 Å². The van der Waals surface area contributed by atoms with Crippen molar-refractivity contribution >= 4 is 23.2 Å². The highest BCUT2D eigenvalue weighted by atomic mass is 35.5. The molecule has 1 nitrogen and oxygen atoms in total. The highest BCUT2D eigenvalue weighted by Crippen LogP contribution is 2.33. The van der Waals surface area contributed by atoms with Crippen LogP contribution in [0.3, 0.4) is 0 Å². The van der Waals surface area contributed by atoms with Gasteiger partial charge in [0.25, 0.3) is 0 Å². The van der Waals surface area contributed by atoms with Crippen molar-refractivity contribution in [1.82, 2.24) is 4.98 Å². The van der Waals surface area contributed by atoms with Crippen LogP contribution < -0.4 is 0 Å². The van der Waals surface area contributed by atoms with Gasteiger partial charge in [0.05, 0.1) is 15.7 Å². The summed E-state index contributed by atoms with van der Waals surface area (Å²) in [6.45, 7) is 4.39. The molecule has 0 spiro atoms. The molecule has 0 saturated carbocycles. The Balaban J connectivity index is 2.35. The van der Waals surface area contributed by atoms with Gasteiger partial charge in [0.15, 0.2) is 0 Å². The zero-order valence-electron chi connectivity index (χ0n) is 10.5. The van der Waals surface area contributed by atoms with Crippen LogP contribution in [0.1, 0.15) is 19.4 Å². The van der Waals surface area contributed by atoms with Gasteiger partial charge in [0.1, 0.15) is 0 Å². The summed E-state index contributed by atoms with van der Waals surface area (Å²) >= 11 is 12.3. The Labute approximate surface area is 118 Å². The lowest BCUT2D eigenvalue weighted by molar-refractivity contribution is 0.646. The van der Waals surface area contributed by atoms with E-state index in [1.165, 1.54) is 5.56 Å². The first-order chi connectivity index (χ1) is 8.58. The minimum atomic E-state index is 0.626. The summed E-state index contributed by atoms with van der Waals surface area (Å²) in [6, 6.07) is 9.55. The van der Waals surface area contributed by atoms with E-state index in [1.54, 1.807) is 0 Å². The van der Waals surface area contributed by atoms with E-state index < -0.39 is 0 Å². The fraction of sp³-hybridized carbons (Fsp3) is 0.267. The Morgan fingerprint density at radius 3 is 2.22 bits per heavy atom. The van der Waals surface area contributed by atoms with Gasteiger partial charge in [-0.2, -0.15) is 0 Å². The largest absolute Gasteiger partial charge is 0.256 e. The summed E-state index contributed by atoms with van der Waals surface area (Å²) in [5, 5.41) is 1.26. The predicted molar refractivity (Wildman–Crippen MR) is 78.2 cm³/mol. The number of hydrogen-bond acceptors (Lipinski definition) is 1. The van der Waals surface area contributed by atoms with E-state index in [2.05, 4.69) is 24.9 Å². The molecule has 94 valence electrons. The molecule has 0 bridgehead atoms. The fourth-order valence-electron chi connectivity index (χ4n) is 1.91. The molecule has 2 aromatic rings. The zero-order chi connectivity index (χ0) is 13.1. The number of aromatic nitrogens is 1. The molecule has 0 amide bonds. The van der Waals surface area contributed by atoms with Gasteiger partial charge < -0.3 is 0 Å². The van der Waals surface area contributed by atoms with E-state index in [4.69, 9.17) is 23.2 Å². The van der Waals surface area contributed by atoms with E-state index in [1.807, 2.05) is 30.5 Å². The Kier molecular flexibility index (Phi) is 4.26. The zero-order valence-corrected chi connectivity index (χ0v) is 12.0. The second-order valence-corrected chi connectivity index (χ2v) is 5.56. The molecule has 0 fully saturated rings. The molecule has 1 aromatic carbocycles. The summed E-state index contributed by atoms with van der Waals surface area (Å²) in [6.07, 6.45) is 2.93. The third kappa shape index (κ3) is 3.04. The lowest BCUT2D eigenvalue weighted by Gasteiger charge is -2.08. The molecular formula is C15H15Cl2N. The average Bonchev–Trinajstić information content (AvgIpc) is 2.30. The minimum absolute atomic E-state index is 0.626. The summed E-state index contributed by atoms with van der Waals surface area (Å²) in [4.78, 5) is 4.45. The molecule has 0 aliphatic carbocycles. The molecule has 3 heteroatoms. The molecule has 0 unspecified atom stereocenters. The van der Waals surface area contributed by atoms with Gasteiger partial charge in [0, 0.05) is 11.8 Å². The van der Waals surface area contributed by atoms with Crippen LogP contribution >= 0.6 is 23.2 Å². The third-order valence-corrected chi connectivity index (χ3v) is 3.32. The number of hydrogen-bond donors (Lipinski definition) is 0. The summed E-state index contributed by atoms with van der Waals surface area (Å²) in [5.41, 5.74) is 2.85. The molecule has 0 saturated heterocycles. The maximum Gasteiger partial charge on any atom is 0.0732 e. The Bertz CT molecular complexity index is 512. The Morgan fingerprint density at radius 2 is 1.72 bits per heavy atom. The minimum Gasteiger partial charge on any atom is -0.256 e. The van der Waals surface area contributed by atoms with Crippen LogP contribution in [0.5, 0.6) is 0 Å². The van der Waals surface area contributed by atoms with Crippen molar-refractivity contribution in [1.29, 1.82) is 0 Å².